The lowest BCUT2D eigenvalue weighted by Crippen LogP contribution is -2.51. The molecule has 0 spiro atoms. The van der Waals surface area contributed by atoms with Crippen molar-refractivity contribution in [2.24, 2.45) is 0 Å². The summed E-state index contributed by atoms with van der Waals surface area (Å²) >= 11 is 3.35. The van der Waals surface area contributed by atoms with E-state index in [0.29, 0.717) is 25.8 Å². The van der Waals surface area contributed by atoms with Crippen LogP contribution in [0.1, 0.15) is 25.3 Å². The average molecular weight is 397 g/mol. The second-order valence-corrected chi connectivity index (χ2v) is 7.02. The summed E-state index contributed by atoms with van der Waals surface area (Å²) in [4.78, 5) is 36.7. The quantitative estimate of drug-likeness (QED) is 0.714. The number of hydrogen-bond acceptors (Lipinski definition) is 3. The van der Waals surface area contributed by atoms with Crippen LogP contribution in [-0.4, -0.2) is 51.2 Å². The number of nitrogens with one attached hydrogen (secondary N) is 1. The molecule has 1 aromatic carbocycles. The highest BCUT2D eigenvalue weighted by Gasteiger charge is 2.36. The number of amides is 2. The van der Waals surface area contributed by atoms with Gasteiger partial charge in [-0.25, -0.2) is 4.79 Å². The molecule has 0 unspecified atom stereocenters. The van der Waals surface area contributed by atoms with Gasteiger partial charge in [0, 0.05) is 6.54 Å². The number of carboxylic acid groups (broad SMARTS) is 1. The number of hydrogen-bond donors (Lipinski definition) is 2. The minimum Gasteiger partial charge on any atom is -0.480 e. The third kappa shape index (κ3) is 4.56. The lowest BCUT2D eigenvalue weighted by molar-refractivity contribution is -0.149. The molecular formula is C17H21BrN2O4. The molecule has 130 valence electrons. The fourth-order valence-electron chi connectivity index (χ4n) is 2.82. The first kappa shape index (κ1) is 18.4. The molecule has 0 aliphatic carbocycles. The largest absolute Gasteiger partial charge is 0.480 e. The van der Waals surface area contributed by atoms with Crippen LogP contribution >= 0.6 is 15.9 Å². The number of benzene rings is 1. The van der Waals surface area contributed by atoms with Gasteiger partial charge < -0.3 is 15.3 Å². The Morgan fingerprint density at radius 2 is 2.00 bits per heavy atom. The third-order valence-electron chi connectivity index (χ3n) is 4.09. The maximum absolute atomic E-state index is 12.4. The topological polar surface area (TPSA) is 86.7 Å². The van der Waals surface area contributed by atoms with Gasteiger partial charge in [0.25, 0.3) is 0 Å². The fraction of sp³-hybridized carbons (Fsp3) is 0.471. The van der Waals surface area contributed by atoms with E-state index in [1.165, 1.54) is 4.90 Å². The number of alkyl halides is 1. The van der Waals surface area contributed by atoms with Crippen LogP contribution in [0.15, 0.2) is 30.3 Å². The van der Waals surface area contributed by atoms with Crippen LogP contribution in [0.25, 0.3) is 0 Å². The predicted molar refractivity (Wildman–Crippen MR) is 92.8 cm³/mol. The molecule has 0 aromatic heterocycles. The zero-order valence-corrected chi connectivity index (χ0v) is 15.0. The predicted octanol–water partition coefficient (Wildman–Crippen LogP) is 1.57. The highest BCUT2D eigenvalue weighted by atomic mass is 79.9. The Labute approximate surface area is 149 Å². The van der Waals surface area contributed by atoms with Crippen molar-refractivity contribution >= 4 is 33.7 Å². The molecule has 1 heterocycles. The molecule has 3 atom stereocenters. The minimum atomic E-state index is -0.998. The van der Waals surface area contributed by atoms with E-state index in [1.54, 1.807) is 6.92 Å². The van der Waals surface area contributed by atoms with Gasteiger partial charge in [-0.1, -0.05) is 46.3 Å². The van der Waals surface area contributed by atoms with Crippen molar-refractivity contribution in [2.75, 3.05) is 6.54 Å². The Morgan fingerprint density at radius 1 is 1.33 bits per heavy atom. The van der Waals surface area contributed by atoms with Gasteiger partial charge in [-0.15, -0.1) is 0 Å². The van der Waals surface area contributed by atoms with Crippen molar-refractivity contribution in [1.29, 1.82) is 0 Å². The van der Waals surface area contributed by atoms with Crippen molar-refractivity contribution in [2.45, 2.75) is 43.1 Å². The van der Waals surface area contributed by atoms with Crippen LogP contribution in [0.4, 0.5) is 0 Å². The Hall–Kier alpha value is -1.89. The minimum absolute atomic E-state index is 0.286. The first-order valence-corrected chi connectivity index (χ1v) is 8.83. The molecule has 1 aliphatic rings. The lowest BCUT2D eigenvalue weighted by Gasteiger charge is -2.25. The highest BCUT2D eigenvalue weighted by Crippen LogP contribution is 2.18. The molecule has 0 radical (unpaired) electrons. The number of nitrogens with zero attached hydrogens (tertiary/aromatic N) is 1. The summed E-state index contributed by atoms with van der Waals surface area (Å²) in [7, 11) is 0. The Kier molecular flexibility index (Phi) is 6.36. The third-order valence-corrected chi connectivity index (χ3v) is 4.83. The Bertz CT molecular complexity index is 608. The number of carboxylic acids is 1. The van der Waals surface area contributed by atoms with Crippen molar-refractivity contribution in [3.05, 3.63) is 35.9 Å². The smallest absolute Gasteiger partial charge is 0.326 e. The summed E-state index contributed by atoms with van der Waals surface area (Å²) < 4.78 is 0. The summed E-state index contributed by atoms with van der Waals surface area (Å²) in [5.74, 6) is -1.64. The van der Waals surface area contributed by atoms with E-state index in [9.17, 15) is 14.4 Å². The van der Waals surface area contributed by atoms with Crippen molar-refractivity contribution in [1.82, 2.24) is 10.2 Å². The van der Waals surface area contributed by atoms with Crippen LogP contribution in [0, 0.1) is 0 Å². The van der Waals surface area contributed by atoms with Crippen LogP contribution in [0.5, 0.6) is 0 Å². The van der Waals surface area contributed by atoms with E-state index in [2.05, 4.69) is 21.2 Å². The van der Waals surface area contributed by atoms with Gasteiger partial charge in [0.1, 0.15) is 12.1 Å². The van der Waals surface area contributed by atoms with Crippen LogP contribution in [0.3, 0.4) is 0 Å². The molecule has 1 aliphatic heterocycles. The summed E-state index contributed by atoms with van der Waals surface area (Å²) in [6.45, 7) is 2.00. The molecule has 2 N–H and O–H groups in total. The SMILES string of the molecule is C[C@H](NC(=O)[C@H](Br)Cc1ccccc1)C(=O)N1CCC[C@H]1C(=O)O. The van der Waals surface area contributed by atoms with Gasteiger partial charge in [-0.05, 0) is 31.7 Å². The number of likely N-dealkylation sites (tertiary alicyclic amines) is 1. The number of aliphatic carboxylic acids is 1. The zero-order chi connectivity index (χ0) is 17.7. The normalized spacial score (nSPS) is 19.6. The average Bonchev–Trinajstić information content (AvgIpc) is 3.04. The molecular weight excluding hydrogens is 376 g/mol. The first-order valence-electron chi connectivity index (χ1n) is 7.92. The number of carbonyl (C=O) groups excluding carboxylic acids is 2. The number of rotatable bonds is 6. The molecule has 7 heteroatoms. The van der Waals surface area contributed by atoms with E-state index < -0.39 is 22.9 Å². The molecule has 24 heavy (non-hydrogen) atoms. The van der Waals surface area contributed by atoms with Gasteiger partial charge in [0.05, 0.1) is 4.83 Å². The second kappa shape index (κ2) is 8.28. The molecule has 2 rings (SSSR count). The molecule has 2 amide bonds. The lowest BCUT2D eigenvalue weighted by atomic mass is 10.1. The zero-order valence-electron chi connectivity index (χ0n) is 13.4. The van der Waals surface area contributed by atoms with Crippen molar-refractivity contribution < 1.29 is 19.5 Å². The van der Waals surface area contributed by atoms with Crippen molar-refractivity contribution in [3.8, 4) is 0 Å². The fourth-order valence-corrected chi connectivity index (χ4v) is 3.32. The van der Waals surface area contributed by atoms with Gasteiger partial charge in [-0.3, -0.25) is 9.59 Å². The van der Waals surface area contributed by atoms with E-state index in [0.717, 1.165) is 5.56 Å². The second-order valence-electron chi connectivity index (χ2n) is 5.92. The van der Waals surface area contributed by atoms with Crippen molar-refractivity contribution in [3.63, 3.8) is 0 Å². The van der Waals surface area contributed by atoms with Crippen LogP contribution < -0.4 is 5.32 Å². The van der Waals surface area contributed by atoms with E-state index in [1.807, 2.05) is 30.3 Å². The Balaban J connectivity index is 1.90. The van der Waals surface area contributed by atoms with Gasteiger partial charge in [-0.2, -0.15) is 0 Å². The van der Waals surface area contributed by atoms with E-state index in [4.69, 9.17) is 5.11 Å². The summed E-state index contributed by atoms with van der Waals surface area (Å²) in [5.41, 5.74) is 1.01. The maximum Gasteiger partial charge on any atom is 0.326 e. The van der Waals surface area contributed by atoms with Crippen LogP contribution in [0.2, 0.25) is 0 Å². The summed E-state index contributed by atoms with van der Waals surface area (Å²) in [5, 5.41) is 11.8. The molecule has 1 fully saturated rings. The van der Waals surface area contributed by atoms with Gasteiger partial charge >= 0.3 is 5.97 Å². The van der Waals surface area contributed by atoms with E-state index in [-0.39, 0.29) is 11.8 Å². The number of halogens is 1. The van der Waals surface area contributed by atoms with Gasteiger partial charge in [0.2, 0.25) is 11.8 Å². The summed E-state index contributed by atoms with van der Waals surface area (Å²) in [6, 6.07) is 8.02. The van der Waals surface area contributed by atoms with Gasteiger partial charge in [0.15, 0.2) is 0 Å². The molecule has 1 aromatic rings. The molecule has 0 saturated carbocycles. The standard InChI is InChI=1S/C17H21BrN2O4/c1-11(16(22)20-9-5-8-14(20)17(23)24)19-15(21)13(18)10-12-6-3-2-4-7-12/h2-4,6-7,11,13-14H,5,8-10H2,1H3,(H,19,21)(H,23,24)/t11-,13+,14-/m0/s1. The van der Waals surface area contributed by atoms with Crippen LogP contribution in [-0.2, 0) is 20.8 Å². The van der Waals surface area contributed by atoms with E-state index >= 15 is 0 Å². The molecule has 0 bridgehead atoms. The molecule has 6 nitrogen and oxygen atoms in total. The first-order chi connectivity index (χ1) is 11.4. The summed E-state index contributed by atoms with van der Waals surface area (Å²) in [6.07, 6.45) is 1.63. The molecule has 1 saturated heterocycles. The number of carbonyl (C=O) groups is 3. The highest BCUT2D eigenvalue weighted by molar-refractivity contribution is 9.10. The maximum atomic E-state index is 12.4. The Morgan fingerprint density at radius 3 is 2.62 bits per heavy atom. The monoisotopic (exact) mass is 396 g/mol.